The van der Waals surface area contributed by atoms with Crippen molar-refractivity contribution < 1.29 is 33.0 Å². The maximum absolute atomic E-state index is 15.4. The normalized spacial score (nSPS) is 25.5. The topological polar surface area (TPSA) is 84.9 Å². The van der Waals surface area contributed by atoms with Gasteiger partial charge in [0.1, 0.15) is 35.6 Å². The number of hydrogen-bond acceptors (Lipinski definition) is 5. The number of aliphatic carboxylic acids is 1. The second-order valence-electron chi connectivity index (χ2n) is 13.1. The number of amides is 1. The van der Waals surface area contributed by atoms with Gasteiger partial charge >= 0.3 is 12.1 Å². The van der Waals surface area contributed by atoms with E-state index in [-0.39, 0.29) is 29.3 Å². The molecular weight excluding hydrogens is 548 g/mol. The quantitative estimate of drug-likeness (QED) is 0.305. The van der Waals surface area contributed by atoms with Gasteiger partial charge in [0.05, 0.1) is 0 Å². The molecule has 0 aromatic heterocycles. The van der Waals surface area contributed by atoms with E-state index < -0.39 is 29.5 Å². The number of hydrogen-bond donors (Lipinski definition) is 2. The first-order valence-electron chi connectivity index (χ1n) is 14.4. The van der Waals surface area contributed by atoms with Gasteiger partial charge in [0.25, 0.3) is 0 Å². The number of carboxylic acids is 1. The molecule has 41 heavy (non-hydrogen) atoms. The fraction of sp³-hybridized carbons (Fsp3) is 0.562. The predicted octanol–water partition coefficient (Wildman–Crippen LogP) is 7.22. The lowest BCUT2D eigenvalue weighted by molar-refractivity contribution is -0.138. The summed E-state index contributed by atoms with van der Waals surface area (Å²) in [6.07, 6.45) is 6.44. The van der Waals surface area contributed by atoms with Crippen LogP contribution in [0, 0.1) is 29.4 Å². The van der Waals surface area contributed by atoms with Crippen molar-refractivity contribution in [1.82, 2.24) is 5.32 Å². The number of ether oxygens (including phenoxy) is 2. The summed E-state index contributed by atoms with van der Waals surface area (Å²) in [5.74, 6) is 0.969. The molecule has 1 unspecified atom stereocenters. The molecule has 9 heteroatoms. The van der Waals surface area contributed by atoms with Crippen molar-refractivity contribution >= 4 is 23.8 Å². The largest absolute Gasteiger partial charge is 0.489 e. The Bertz CT molecular complexity index is 1260. The minimum Gasteiger partial charge on any atom is -0.489 e. The average Bonchev–Trinajstić information content (AvgIpc) is 2.86. The van der Waals surface area contributed by atoms with Gasteiger partial charge in [-0.1, -0.05) is 18.2 Å². The van der Waals surface area contributed by atoms with Crippen molar-refractivity contribution in [3.8, 4) is 5.75 Å². The fourth-order valence-electron chi connectivity index (χ4n) is 7.33. The number of nitrogens with one attached hydrogen (secondary N) is 1. The van der Waals surface area contributed by atoms with Gasteiger partial charge in [-0.3, -0.25) is 0 Å². The van der Waals surface area contributed by atoms with Crippen LogP contribution in [0.5, 0.6) is 5.75 Å². The zero-order valence-electron chi connectivity index (χ0n) is 23.9. The molecule has 0 heterocycles. The zero-order valence-corrected chi connectivity index (χ0v) is 24.7. The highest BCUT2D eigenvalue weighted by Gasteiger charge is 2.52. The van der Waals surface area contributed by atoms with Gasteiger partial charge in [-0.2, -0.15) is 11.8 Å². The summed E-state index contributed by atoms with van der Waals surface area (Å²) in [5.41, 5.74) is 1.19. The highest BCUT2D eigenvalue weighted by atomic mass is 32.2. The third-order valence-electron chi connectivity index (χ3n) is 8.60. The van der Waals surface area contributed by atoms with E-state index in [0.29, 0.717) is 16.9 Å². The number of benzene rings is 2. The van der Waals surface area contributed by atoms with Gasteiger partial charge in [0.2, 0.25) is 0 Å². The Morgan fingerprint density at radius 2 is 1.68 bits per heavy atom. The summed E-state index contributed by atoms with van der Waals surface area (Å²) in [5, 5.41) is 11.7. The number of alkyl carbamates (subject to hydrolysis) is 1. The third-order valence-corrected chi connectivity index (χ3v) is 9.69. The molecule has 6 nitrogen and oxygen atoms in total. The van der Waals surface area contributed by atoms with E-state index in [4.69, 9.17) is 9.47 Å². The van der Waals surface area contributed by atoms with E-state index >= 15 is 4.39 Å². The molecular formula is C32H39F2NO5S. The molecule has 4 fully saturated rings. The summed E-state index contributed by atoms with van der Waals surface area (Å²) in [6.45, 7) is 5.18. The SMILES string of the molecule is CC(C)(C)OC(=O)NC(CSCc1ccc(OCc2ccc(C34CC5CC(CC(C5)C3)C4)c(F)c2)cc1F)C(=O)O. The molecule has 1 atom stereocenters. The molecule has 6 rings (SSSR count). The van der Waals surface area contributed by atoms with Crippen LogP contribution in [0.1, 0.15) is 76.0 Å². The van der Waals surface area contributed by atoms with E-state index in [1.54, 1.807) is 39.0 Å². The van der Waals surface area contributed by atoms with Gasteiger partial charge in [-0.05, 0) is 111 Å². The van der Waals surface area contributed by atoms with Crippen LogP contribution < -0.4 is 10.1 Å². The maximum atomic E-state index is 15.4. The third kappa shape index (κ3) is 7.16. The minimum atomic E-state index is -1.20. The van der Waals surface area contributed by atoms with Crippen LogP contribution in [0.15, 0.2) is 36.4 Å². The molecule has 0 radical (unpaired) electrons. The van der Waals surface area contributed by atoms with Crippen LogP contribution in [0.3, 0.4) is 0 Å². The Kier molecular flexibility index (Phi) is 8.56. The van der Waals surface area contributed by atoms with Crippen LogP contribution in [0.2, 0.25) is 0 Å². The summed E-state index contributed by atoms with van der Waals surface area (Å²) in [7, 11) is 0. The Morgan fingerprint density at radius 3 is 2.24 bits per heavy atom. The highest BCUT2D eigenvalue weighted by Crippen LogP contribution is 2.61. The first kappa shape index (κ1) is 29.7. The fourth-order valence-corrected chi connectivity index (χ4v) is 8.37. The zero-order chi connectivity index (χ0) is 29.4. The van der Waals surface area contributed by atoms with Gasteiger partial charge < -0.3 is 19.9 Å². The number of carbonyl (C=O) groups is 2. The summed E-state index contributed by atoms with van der Waals surface area (Å²) in [4.78, 5) is 23.5. The van der Waals surface area contributed by atoms with Crippen molar-refractivity contribution in [2.75, 3.05) is 5.75 Å². The molecule has 0 saturated heterocycles. The molecule has 1 amide bonds. The Hall–Kier alpha value is -2.81. The first-order valence-corrected chi connectivity index (χ1v) is 15.5. The predicted molar refractivity (Wildman–Crippen MR) is 154 cm³/mol. The van der Waals surface area contributed by atoms with Crippen molar-refractivity contribution in [2.24, 2.45) is 17.8 Å². The second-order valence-corrected chi connectivity index (χ2v) is 14.1. The number of rotatable bonds is 10. The molecule has 0 aliphatic heterocycles. The molecule has 4 bridgehead atoms. The van der Waals surface area contributed by atoms with Crippen LogP contribution in [0.4, 0.5) is 13.6 Å². The van der Waals surface area contributed by atoms with Crippen LogP contribution in [-0.4, -0.2) is 34.6 Å². The lowest BCUT2D eigenvalue weighted by atomic mass is 9.48. The number of carboxylic acid groups (broad SMARTS) is 1. The van der Waals surface area contributed by atoms with Crippen molar-refractivity contribution in [3.63, 3.8) is 0 Å². The van der Waals surface area contributed by atoms with Crippen LogP contribution in [-0.2, 0) is 27.3 Å². The van der Waals surface area contributed by atoms with Crippen molar-refractivity contribution in [2.45, 2.75) is 88.7 Å². The summed E-state index contributed by atoms with van der Waals surface area (Å²) >= 11 is 1.18. The van der Waals surface area contributed by atoms with Gasteiger partial charge in [-0.15, -0.1) is 0 Å². The highest BCUT2D eigenvalue weighted by molar-refractivity contribution is 7.98. The standard InChI is InChI=1S/C32H39F2NO5S/c1-31(2,3)40-30(38)35-28(29(36)37)18-41-17-23-5-6-24(12-26(23)33)39-16-19-4-7-25(27(34)11-19)32-13-20-8-21(14-32)10-22(9-20)15-32/h4-7,11-12,20-22,28H,8-10,13-18H2,1-3H3,(H,35,38)(H,36,37). The molecule has 4 saturated carbocycles. The van der Waals surface area contributed by atoms with Gasteiger partial charge in [0, 0.05) is 17.6 Å². The summed E-state index contributed by atoms with van der Waals surface area (Å²) in [6, 6.07) is 8.80. The first-order chi connectivity index (χ1) is 19.4. The minimum absolute atomic E-state index is 0.00846. The van der Waals surface area contributed by atoms with Crippen LogP contribution >= 0.6 is 11.8 Å². The molecule has 4 aliphatic rings. The van der Waals surface area contributed by atoms with Crippen molar-refractivity contribution in [3.05, 3.63) is 64.7 Å². The van der Waals surface area contributed by atoms with Gasteiger partial charge in [0.15, 0.2) is 0 Å². The van der Waals surface area contributed by atoms with Gasteiger partial charge in [-0.25, -0.2) is 18.4 Å². The van der Waals surface area contributed by atoms with Crippen molar-refractivity contribution in [1.29, 1.82) is 0 Å². The molecule has 0 spiro atoms. The van der Waals surface area contributed by atoms with E-state index in [9.17, 15) is 19.1 Å². The maximum Gasteiger partial charge on any atom is 0.408 e. The molecule has 2 aromatic carbocycles. The van der Waals surface area contributed by atoms with E-state index in [2.05, 4.69) is 5.32 Å². The second kappa shape index (κ2) is 11.8. The number of thioether (sulfide) groups is 1. The monoisotopic (exact) mass is 587 g/mol. The molecule has 4 aliphatic carbocycles. The molecule has 2 aromatic rings. The Balaban J connectivity index is 1.13. The average molecular weight is 588 g/mol. The van der Waals surface area contributed by atoms with E-state index in [1.807, 2.05) is 12.1 Å². The lowest BCUT2D eigenvalue weighted by Crippen LogP contribution is -2.48. The summed E-state index contributed by atoms with van der Waals surface area (Å²) < 4.78 is 41.0. The van der Waals surface area contributed by atoms with E-state index in [0.717, 1.165) is 42.6 Å². The molecule has 222 valence electrons. The smallest absolute Gasteiger partial charge is 0.408 e. The molecule has 2 N–H and O–H groups in total. The van der Waals surface area contributed by atoms with Crippen LogP contribution in [0.25, 0.3) is 0 Å². The number of carbonyl (C=O) groups excluding carboxylic acids is 1. The lowest BCUT2D eigenvalue weighted by Gasteiger charge is -2.57. The Labute approximate surface area is 244 Å². The Morgan fingerprint density at radius 1 is 1.02 bits per heavy atom. The van der Waals surface area contributed by atoms with E-state index in [1.165, 1.54) is 37.1 Å². The number of halogens is 2.